The second-order valence-corrected chi connectivity index (χ2v) is 9.92. The fraction of sp³-hybridized carbons (Fsp3) is 0.529. The van der Waals surface area contributed by atoms with Crippen LogP contribution in [0.3, 0.4) is 0 Å². The van der Waals surface area contributed by atoms with Gasteiger partial charge in [-0.25, -0.2) is 4.98 Å². The Morgan fingerprint density at radius 3 is 2.68 bits per heavy atom. The number of aryl methyl sites for hydroxylation is 1. The van der Waals surface area contributed by atoms with Gasteiger partial charge < -0.3 is 10.2 Å². The number of aromatic nitrogens is 1. The molecule has 0 radical (unpaired) electrons. The predicted molar refractivity (Wildman–Crippen MR) is 111 cm³/mol. The average molecular weight is 442 g/mol. The number of guanidine groups is 1. The summed E-state index contributed by atoms with van der Waals surface area (Å²) in [6.07, 6.45) is 2.89. The highest BCUT2D eigenvalue weighted by Crippen LogP contribution is 2.23. The summed E-state index contributed by atoms with van der Waals surface area (Å²) in [4.78, 5) is 16.4. The number of rotatable bonds is 5. The lowest BCUT2D eigenvalue weighted by Crippen LogP contribution is -2.52. The van der Waals surface area contributed by atoms with Crippen LogP contribution in [0.5, 0.6) is 0 Å². The molecular formula is C17H24BrN5S2. The van der Waals surface area contributed by atoms with Gasteiger partial charge in [-0.1, -0.05) is 0 Å². The standard InChI is InChI=1S/C17H24BrN5S2/c1-13-11-21-16(24-13)5-6-20-17(19-2)23-9-7-22(8-10-23)12-14-3-4-15(18)25-14/h3-4,11H,5-10,12H2,1-2H3,(H,19,20). The normalized spacial score (nSPS) is 16.4. The molecule has 0 aliphatic carbocycles. The minimum absolute atomic E-state index is 0.878. The Balaban J connectivity index is 1.42. The molecule has 0 amide bonds. The van der Waals surface area contributed by atoms with E-state index in [1.165, 1.54) is 18.5 Å². The minimum atomic E-state index is 0.878. The van der Waals surface area contributed by atoms with Crippen LogP contribution < -0.4 is 5.32 Å². The van der Waals surface area contributed by atoms with Gasteiger partial charge in [-0.05, 0) is 35.0 Å². The summed E-state index contributed by atoms with van der Waals surface area (Å²) >= 11 is 7.14. The zero-order valence-corrected chi connectivity index (χ0v) is 17.9. The van der Waals surface area contributed by atoms with E-state index in [9.17, 15) is 0 Å². The van der Waals surface area contributed by atoms with Crippen LogP contribution in [-0.2, 0) is 13.0 Å². The first-order valence-electron chi connectivity index (χ1n) is 8.47. The van der Waals surface area contributed by atoms with E-state index in [0.29, 0.717) is 0 Å². The van der Waals surface area contributed by atoms with Crippen molar-refractivity contribution in [2.75, 3.05) is 39.8 Å². The highest BCUT2D eigenvalue weighted by molar-refractivity contribution is 9.11. The lowest BCUT2D eigenvalue weighted by atomic mass is 10.3. The summed E-state index contributed by atoms with van der Waals surface area (Å²) < 4.78 is 1.21. The lowest BCUT2D eigenvalue weighted by Gasteiger charge is -2.36. The number of hydrogen-bond acceptors (Lipinski definition) is 5. The first-order valence-corrected chi connectivity index (χ1v) is 10.9. The van der Waals surface area contributed by atoms with Crippen molar-refractivity contribution in [1.29, 1.82) is 0 Å². The largest absolute Gasteiger partial charge is 0.356 e. The van der Waals surface area contributed by atoms with Gasteiger partial charge in [0.15, 0.2) is 5.96 Å². The molecule has 1 aliphatic rings. The zero-order valence-electron chi connectivity index (χ0n) is 14.7. The fourth-order valence-electron chi connectivity index (χ4n) is 2.91. The van der Waals surface area contributed by atoms with Gasteiger partial charge in [0.05, 0.1) is 8.79 Å². The molecule has 0 atom stereocenters. The van der Waals surface area contributed by atoms with E-state index in [0.717, 1.165) is 51.6 Å². The Labute approximate surface area is 165 Å². The molecule has 3 heterocycles. The van der Waals surface area contributed by atoms with E-state index in [1.54, 1.807) is 11.3 Å². The van der Waals surface area contributed by atoms with Gasteiger partial charge in [0.25, 0.3) is 0 Å². The predicted octanol–water partition coefficient (Wildman–Crippen LogP) is 3.21. The molecule has 1 fully saturated rings. The molecule has 2 aromatic rings. The molecule has 8 heteroatoms. The third-order valence-corrected chi connectivity index (χ3v) is 6.76. The number of halogens is 1. The van der Waals surface area contributed by atoms with Gasteiger partial charge in [0, 0.05) is 68.7 Å². The molecule has 0 bridgehead atoms. The van der Waals surface area contributed by atoms with E-state index >= 15 is 0 Å². The molecule has 1 N–H and O–H groups in total. The molecule has 0 aromatic carbocycles. The molecule has 1 aliphatic heterocycles. The van der Waals surface area contributed by atoms with Gasteiger partial charge >= 0.3 is 0 Å². The maximum Gasteiger partial charge on any atom is 0.193 e. The van der Waals surface area contributed by atoms with E-state index in [4.69, 9.17) is 0 Å². The summed E-state index contributed by atoms with van der Waals surface area (Å²) in [5.41, 5.74) is 0. The van der Waals surface area contributed by atoms with Gasteiger partial charge in [0.1, 0.15) is 0 Å². The molecular weight excluding hydrogens is 418 g/mol. The van der Waals surface area contributed by atoms with Crippen molar-refractivity contribution >= 4 is 44.6 Å². The molecule has 5 nitrogen and oxygen atoms in total. The van der Waals surface area contributed by atoms with Crippen molar-refractivity contribution < 1.29 is 0 Å². The molecule has 2 aromatic heterocycles. The van der Waals surface area contributed by atoms with E-state index < -0.39 is 0 Å². The number of hydrogen-bond donors (Lipinski definition) is 1. The van der Waals surface area contributed by atoms with Crippen LogP contribution in [0.4, 0.5) is 0 Å². The fourth-order valence-corrected chi connectivity index (χ4v) is 5.22. The molecule has 0 unspecified atom stereocenters. The topological polar surface area (TPSA) is 43.8 Å². The van der Waals surface area contributed by atoms with Crippen molar-refractivity contribution in [1.82, 2.24) is 20.1 Å². The Kier molecular flexibility index (Phi) is 6.86. The van der Waals surface area contributed by atoms with Crippen LogP contribution in [0.2, 0.25) is 0 Å². The maximum atomic E-state index is 4.45. The quantitative estimate of drug-likeness (QED) is 0.571. The minimum Gasteiger partial charge on any atom is -0.356 e. The van der Waals surface area contributed by atoms with Crippen LogP contribution in [0.15, 0.2) is 27.1 Å². The molecule has 0 spiro atoms. The van der Waals surface area contributed by atoms with Crippen LogP contribution in [0, 0.1) is 6.92 Å². The summed E-state index contributed by atoms with van der Waals surface area (Å²) in [7, 11) is 1.87. The van der Waals surface area contributed by atoms with Crippen molar-refractivity contribution in [3.8, 4) is 0 Å². The highest BCUT2D eigenvalue weighted by Gasteiger charge is 2.20. The lowest BCUT2D eigenvalue weighted by molar-refractivity contribution is 0.174. The van der Waals surface area contributed by atoms with Crippen molar-refractivity contribution in [2.45, 2.75) is 19.9 Å². The van der Waals surface area contributed by atoms with Crippen LogP contribution >= 0.6 is 38.6 Å². The highest BCUT2D eigenvalue weighted by atomic mass is 79.9. The second kappa shape index (κ2) is 9.12. The van der Waals surface area contributed by atoms with Gasteiger partial charge in [-0.3, -0.25) is 9.89 Å². The third kappa shape index (κ3) is 5.51. The Morgan fingerprint density at radius 2 is 2.08 bits per heavy atom. The number of nitrogens with one attached hydrogen (secondary N) is 1. The number of thiophene rings is 1. The molecule has 25 heavy (non-hydrogen) atoms. The number of nitrogens with zero attached hydrogens (tertiary/aromatic N) is 4. The molecule has 136 valence electrons. The first-order chi connectivity index (χ1) is 12.1. The van der Waals surface area contributed by atoms with Gasteiger partial charge in [-0.15, -0.1) is 22.7 Å². The Morgan fingerprint density at radius 1 is 1.28 bits per heavy atom. The summed E-state index contributed by atoms with van der Waals surface area (Å²) in [6, 6.07) is 4.34. The average Bonchev–Trinajstić information content (AvgIpc) is 3.21. The number of aliphatic imine (C=N–C) groups is 1. The monoisotopic (exact) mass is 441 g/mol. The van der Waals surface area contributed by atoms with Crippen LogP contribution in [0.1, 0.15) is 14.8 Å². The van der Waals surface area contributed by atoms with Crippen molar-refractivity contribution in [3.05, 3.63) is 36.9 Å². The number of piperazine rings is 1. The SMILES string of the molecule is CN=C(NCCc1ncc(C)s1)N1CCN(Cc2ccc(Br)s2)CC1. The third-order valence-electron chi connectivity index (χ3n) is 4.18. The van der Waals surface area contributed by atoms with E-state index in [2.05, 4.69) is 60.1 Å². The summed E-state index contributed by atoms with van der Waals surface area (Å²) in [5, 5.41) is 4.67. The summed E-state index contributed by atoms with van der Waals surface area (Å²) in [6.45, 7) is 8.19. The molecule has 3 rings (SSSR count). The summed E-state index contributed by atoms with van der Waals surface area (Å²) in [5.74, 6) is 1.01. The smallest absolute Gasteiger partial charge is 0.193 e. The maximum absolute atomic E-state index is 4.45. The van der Waals surface area contributed by atoms with Crippen LogP contribution in [0.25, 0.3) is 0 Å². The van der Waals surface area contributed by atoms with Crippen LogP contribution in [-0.4, -0.2) is 60.5 Å². The number of thiazole rings is 1. The van der Waals surface area contributed by atoms with E-state index in [-0.39, 0.29) is 0 Å². The molecule has 0 saturated carbocycles. The van der Waals surface area contributed by atoms with Crippen molar-refractivity contribution in [2.24, 2.45) is 4.99 Å². The first kappa shape index (κ1) is 18.8. The van der Waals surface area contributed by atoms with Gasteiger partial charge in [0.2, 0.25) is 0 Å². The Bertz CT molecular complexity index is 703. The van der Waals surface area contributed by atoms with E-state index in [1.807, 2.05) is 24.6 Å². The Hall–Kier alpha value is -0.960. The van der Waals surface area contributed by atoms with Crippen molar-refractivity contribution in [3.63, 3.8) is 0 Å². The van der Waals surface area contributed by atoms with Gasteiger partial charge in [-0.2, -0.15) is 0 Å². The molecule has 1 saturated heterocycles. The second-order valence-electron chi connectivity index (χ2n) is 6.06. The zero-order chi connectivity index (χ0) is 17.6.